The Balaban J connectivity index is 2.77. The molecule has 17 heavy (non-hydrogen) atoms. The van der Waals surface area contributed by atoms with E-state index in [1.165, 1.54) is 4.90 Å². The van der Waals surface area contributed by atoms with Crippen molar-refractivity contribution >= 4 is 11.9 Å². The lowest BCUT2D eigenvalue weighted by atomic mass is 10.2. The Kier molecular flexibility index (Phi) is 4.63. The second-order valence-electron chi connectivity index (χ2n) is 3.95. The van der Waals surface area contributed by atoms with Gasteiger partial charge >= 0.3 is 5.97 Å². The first-order chi connectivity index (χ1) is 8.02. The van der Waals surface area contributed by atoms with Crippen LogP contribution in [0, 0.1) is 0 Å². The number of pyridine rings is 1. The summed E-state index contributed by atoms with van der Waals surface area (Å²) in [7, 11) is 0. The van der Waals surface area contributed by atoms with Crippen LogP contribution in [0.2, 0.25) is 0 Å². The molecule has 92 valence electrons. The van der Waals surface area contributed by atoms with E-state index in [-0.39, 0.29) is 24.9 Å². The first kappa shape index (κ1) is 13.2. The Morgan fingerprint density at radius 2 is 2.12 bits per heavy atom. The quantitative estimate of drug-likeness (QED) is 0.839. The number of rotatable bonds is 5. The van der Waals surface area contributed by atoms with Gasteiger partial charge in [0.2, 0.25) is 0 Å². The summed E-state index contributed by atoms with van der Waals surface area (Å²) < 4.78 is 0. The number of hydrogen-bond acceptors (Lipinski definition) is 3. The maximum absolute atomic E-state index is 12.1. The van der Waals surface area contributed by atoms with Gasteiger partial charge in [0.05, 0.1) is 6.42 Å². The van der Waals surface area contributed by atoms with Crippen molar-refractivity contribution in [3.05, 3.63) is 30.1 Å². The summed E-state index contributed by atoms with van der Waals surface area (Å²) in [5.41, 5.74) is 0.339. The number of carbonyl (C=O) groups excluding carboxylic acids is 1. The monoisotopic (exact) mass is 236 g/mol. The van der Waals surface area contributed by atoms with Crippen molar-refractivity contribution < 1.29 is 14.7 Å². The highest BCUT2D eigenvalue weighted by molar-refractivity contribution is 5.92. The van der Waals surface area contributed by atoms with Gasteiger partial charge in [-0.05, 0) is 26.0 Å². The molecule has 5 heteroatoms. The average molecular weight is 236 g/mol. The molecule has 0 aromatic carbocycles. The van der Waals surface area contributed by atoms with E-state index < -0.39 is 5.97 Å². The molecule has 1 rings (SSSR count). The van der Waals surface area contributed by atoms with Crippen LogP contribution in [-0.4, -0.2) is 39.5 Å². The Morgan fingerprint density at radius 1 is 1.41 bits per heavy atom. The molecule has 1 aromatic heterocycles. The van der Waals surface area contributed by atoms with Crippen LogP contribution in [0.4, 0.5) is 0 Å². The summed E-state index contributed by atoms with van der Waals surface area (Å²) in [6.07, 6.45) is 1.49. The maximum atomic E-state index is 12.1. The highest BCUT2D eigenvalue weighted by atomic mass is 16.4. The van der Waals surface area contributed by atoms with Gasteiger partial charge in [0.1, 0.15) is 5.69 Å². The van der Waals surface area contributed by atoms with Crippen LogP contribution < -0.4 is 0 Å². The minimum Gasteiger partial charge on any atom is -0.481 e. The summed E-state index contributed by atoms with van der Waals surface area (Å²) in [4.78, 5) is 28.1. The van der Waals surface area contributed by atoms with Crippen molar-refractivity contribution in [2.75, 3.05) is 6.54 Å². The molecule has 0 aliphatic heterocycles. The van der Waals surface area contributed by atoms with E-state index in [4.69, 9.17) is 5.11 Å². The van der Waals surface area contributed by atoms with E-state index in [0.29, 0.717) is 5.69 Å². The predicted octanol–water partition coefficient (Wildman–Crippen LogP) is 1.41. The van der Waals surface area contributed by atoms with Gasteiger partial charge in [-0.25, -0.2) is 0 Å². The van der Waals surface area contributed by atoms with E-state index >= 15 is 0 Å². The molecule has 0 spiro atoms. The van der Waals surface area contributed by atoms with Crippen LogP contribution in [0.15, 0.2) is 24.4 Å². The van der Waals surface area contributed by atoms with Gasteiger partial charge in [0.25, 0.3) is 5.91 Å². The van der Waals surface area contributed by atoms with Crippen LogP contribution in [-0.2, 0) is 4.79 Å². The van der Waals surface area contributed by atoms with Crippen molar-refractivity contribution in [1.29, 1.82) is 0 Å². The average Bonchev–Trinajstić information content (AvgIpc) is 2.29. The van der Waals surface area contributed by atoms with Gasteiger partial charge in [-0.1, -0.05) is 6.07 Å². The van der Waals surface area contributed by atoms with Crippen molar-refractivity contribution in [3.8, 4) is 0 Å². The van der Waals surface area contributed by atoms with Crippen LogP contribution in [0.5, 0.6) is 0 Å². The lowest BCUT2D eigenvalue weighted by Gasteiger charge is -2.25. The van der Waals surface area contributed by atoms with Gasteiger partial charge in [-0.15, -0.1) is 0 Å². The zero-order valence-electron chi connectivity index (χ0n) is 9.96. The van der Waals surface area contributed by atoms with E-state index in [0.717, 1.165) is 0 Å². The largest absolute Gasteiger partial charge is 0.481 e. The highest BCUT2D eigenvalue weighted by Crippen LogP contribution is 2.07. The first-order valence-electron chi connectivity index (χ1n) is 5.46. The van der Waals surface area contributed by atoms with Gasteiger partial charge < -0.3 is 10.0 Å². The molecule has 0 saturated heterocycles. The Hall–Kier alpha value is -1.91. The van der Waals surface area contributed by atoms with Gasteiger partial charge in [0.15, 0.2) is 0 Å². The molecule has 5 nitrogen and oxygen atoms in total. The fourth-order valence-electron chi connectivity index (χ4n) is 1.45. The van der Waals surface area contributed by atoms with Crippen molar-refractivity contribution in [2.24, 2.45) is 0 Å². The lowest BCUT2D eigenvalue weighted by molar-refractivity contribution is -0.137. The Labute approximate surface area is 100 Å². The number of nitrogens with zero attached hydrogens (tertiary/aromatic N) is 2. The zero-order chi connectivity index (χ0) is 12.8. The molecule has 0 unspecified atom stereocenters. The van der Waals surface area contributed by atoms with E-state index in [1.807, 2.05) is 13.8 Å². The molecule has 0 fully saturated rings. The number of aliphatic carboxylic acids is 1. The third kappa shape index (κ3) is 3.86. The van der Waals surface area contributed by atoms with Crippen molar-refractivity contribution in [3.63, 3.8) is 0 Å². The molecule has 0 aliphatic rings. The minimum absolute atomic E-state index is 0.0520. The van der Waals surface area contributed by atoms with Crippen molar-refractivity contribution in [1.82, 2.24) is 9.88 Å². The SMILES string of the molecule is CC(C)N(CCC(=O)O)C(=O)c1ccccn1. The van der Waals surface area contributed by atoms with E-state index in [9.17, 15) is 9.59 Å². The van der Waals surface area contributed by atoms with Crippen LogP contribution in [0.3, 0.4) is 0 Å². The van der Waals surface area contributed by atoms with Crippen LogP contribution in [0.1, 0.15) is 30.8 Å². The number of carboxylic acid groups (broad SMARTS) is 1. The minimum atomic E-state index is -0.913. The molecule has 0 saturated carbocycles. The second-order valence-corrected chi connectivity index (χ2v) is 3.95. The number of carbonyl (C=O) groups is 2. The molecule has 0 bridgehead atoms. The summed E-state index contributed by atoms with van der Waals surface area (Å²) in [6.45, 7) is 3.90. The topological polar surface area (TPSA) is 70.5 Å². The Morgan fingerprint density at radius 3 is 2.59 bits per heavy atom. The summed E-state index contributed by atoms with van der Waals surface area (Å²) in [6, 6.07) is 5.03. The van der Waals surface area contributed by atoms with E-state index in [1.54, 1.807) is 24.4 Å². The molecular formula is C12H16N2O3. The fourth-order valence-corrected chi connectivity index (χ4v) is 1.45. The Bertz CT molecular complexity index is 390. The summed E-state index contributed by atoms with van der Waals surface area (Å²) in [5, 5.41) is 8.64. The molecule has 1 aromatic rings. The number of carboxylic acids is 1. The standard InChI is InChI=1S/C12H16N2O3/c1-9(2)14(8-6-11(15)16)12(17)10-5-3-4-7-13-10/h3-5,7,9H,6,8H2,1-2H3,(H,15,16). The molecule has 0 radical (unpaired) electrons. The first-order valence-corrected chi connectivity index (χ1v) is 5.46. The summed E-state index contributed by atoms with van der Waals surface area (Å²) in [5.74, 6) is -1.15. The van der Waals surface area contributed by atoms with Gasteiger partial charge in [-0.2, -0.15) is 0 Å². The smallest absolute Gasteiger partial charge is 0.305 e. The van der Waals surface area contributed by atoms with Gasteiger partial charge in [-0.3, -0.25) is 14.6 Å². The third-order valence-corrected chi connectivity index (χ3v) is 2.33. The van der Waals surface area contributed by atoms with Gasteiger partial charge in [0, 0.05) is 18.8 Å². The third-order valence-electron chi connectivity index (χ3n) is 2.33. The molecular weight excluding hydrogens is 220 g/mol. The maximum Gasteiger partial charge on any atom is 0.305 e. The zero-order valence-corrected chi connectivity index (χ0v) is 9.96. The summed E-state index contributed by atoms with van der Waals surface area (Å²) >= 11 is 0. The van der Waals surface area contributed by atoms with Crippen LogP contribution >= 0.6 is 0 Å². The predicted molar refractivity (Wildman–Crippen MR) is 62.7 cm³/mol. The fraction of sp³-hybridized carbons (Fsp3) is 0.417. The lowest BCUT2D eigenvalue weighted by Crippen LogP contribution is -2.38. The molecule has 0 aliphatic carbocycles. The molecule has 1 heterocycles. The second kappa shape index (κ2) is 5.98. The number of hydrogen-bond donors (Lipinski definition) is 1. The van der Waals surface area contributed by atoms with Crippen molar-refractivity contribution in [2.45, 2.75) is 26.3 Å². The highest BCUT2D eigenvalue weighted by Gasteiger charge is 2.20. The molecule has 1 N–H and O–H groups in total. The van der Waals surface area contributed by atoms with Crippen LogP contribution in [0.25, 0.3) is 0 Å². The number of aromatic nitrogens is 1. The molecule has 0 atom stereocenters. The molecule has 1 amide bonds. The normalized spacial score (nSPS) is 10.3. The van der Waals surface area contributed by atoms with E-state index in [2.05, 4.69) is 4.98 Å². The number of amides is 1.